The Kier molecular flexibility index (Phi) is 5.56. The average Bonchev–Trinajstić information content (AvgIpc) is 2.62. The van der Waals surface area contributed by atoms with E-state index in [9.17, 15) is 5.11 Å². The molecule has 0 heterocycles. The van der Waals surface area contributed by atoms with E-state index >= 15 is 0 Å². The third-order valence-corrected chi connectivity index (χ3v) is 5.60. The molecule has 0 saturated carbocycles. The van der Waals surface area contributed by atoms with Gasteiger partial charge < -0.3 is 9.84 Å². The van der Waals surface area contributed by atoms with Crippen LogP contribution in [-0.2, 0) is 0 Å². The van der Waals surface area contributed by atoms with Gasteiger partial charge in [0.05, 0.1) is 0 Å². The summed E-state index contributed by atoms with van der Waals surface area (Å²) in [6.45, 7) is 8.22. The van der Waals surface area contributed by atoms with Crippen molar-refractivity contribution in [1.29, 1.82) is 0 Å². The van der Waals surface area contributed by atoms with Crippen LogP contribution in [0.5, 0.6) is 11.5 Å². The lowest BCUT2D eigenvalue weighted by atomic mass is 9.95. The van der Waals surface area contributed by atoms with Crippen molar-refractivity contribution in [3.63, 3.8) is 0 Å². The average molecular weight is 361 g/mol. The summed E-state index contributed by atoms with van der Waals surface area (Å²) < 4.78 is 5.80. The number of para-hydroxylation sites is 1. The predicted octanol–water partition coefficient (Wildman–Crippen LogP) is 4.82. The van der Waals surface area contributed by atoms with Crippen LogP contribution in [0.1, 0.15) is 27.8 Å². The van der Waals surface area contributed by atoms with Crippen molar-refractivity contribution in [2.24, 2.45) is 0 Å². The number of ether oxygens (including phenoxy) is 1. The summed E-state index contributed by atoms with van der Waals surface area (Å²) in [6, 6.07) is 19.5. The highest BCUT2D eigenvalue weighted by Crippen LogP contribution is 2.24. The van der Waals surface area contributed by atoms with Gasteiger partial charge in [-0.25, -0.2) is 0 Å². The zero-order valence-corrected chi connectivity index (χ0v) is 16.4. The normalized spacial score (nSPS) is 11.5. The van der Waals surface area contributed by atoms with Gasteiger partial charge in [-0.15, -0.1) is 5.48 Å². The molecule has 3 aromatic rings. The first-order valence-corrected chi connectivity index (χ1v) is 9.51. The fourth-order valence-corrected chi connectivity index (χ4v) is 3.99. The molecule has 0 radical (unpaired) electrons. The Bertz CT molecular complexity index is 942. The highest BCUT2D eigenvalue weighted by atomic mass is 31.1. The number of hydrogen-bond donors (Lipinski definition) is 0. The molecule has 3 aromatic carbocycles. The first kappa shape index (κ1) is 18.4. The van der Waals surface area contributed by atoms with Crippen LogP contribution >= 0.6 is 8.20 Å². The van der Waals surface area contributed by atoms with Gasteiger partial charge in [0.1, 0.15) is 11.5 Å². The maximum Gasteiger partial charge on any atom is 0.127 e. The molecule has 0 atom stereocenters. The van der Waals surface area contributed by atoms with E-state index in [0.717, 1.165) is 33.5 Å². The molecular weight excluding hydrogens is 339 g/mol. The molecule has 0 unspecified atom stereocenters. The van der Waals surface area contributed by atoms with E-state index in [1.807, 2.05) is 68.4 Å². The van der Waals surface area contributed by atoms with Crippen molar-refractivity contribution in [2.45, 2.75) is 27.7 Å². The van der Waals surface area contributed by atoms with Crippen molar-refractivity contribution in [3.8, 4) is 11.5 Å². The molecule has 2 nitrogen and oxygen atoms in total. The van der Waals surface area contributed by atoms with Gasteiger partial charge in [-0.2, -0.15) is 0 Å². The number of benzene rings is 3. The van der Waals surface area contributed by atoms with Crippen LogP contribution in [0.15, 0.2) is 60.7 Å². The Balaban J connectivity index is 1.85. The fourth-order valence-electron chi connectivity index (χ4n) is 3.00. The van der Waals surface area contributed by atoms with Crippen LogP contribution in [0.4, 0.5) is 0 Å². The smallest absolute Gasteiger partial charge is 0.127 e. The zero-order chi connectivity index (χ0) is 18.7. The highest BCUT2D eigenvalue weighted by Gasteiger charge is 2.07. The largest absolute Gasteiger partial charge is 0.823 e. The van der Waals surface area contributed by atoms with Gasteiger partial charge in [-0.1, -0.05) is 32.5 Å². The quantitative estimate of drug-likeness (QED) is 0.624. The van der Waals surface area contributed by atoms with E-state index in [-0.39, 0.29) is 5.48 Å². The second-order valence-electron chi connectivity index (χ2n) is 6.46. The molecule has 132 valence electrons. The Morgan fingerprint density at radius 1 is 0.769 bits per heavy atom. The topological polar surface area (TPSA) is 32.3 Å². The number of hydrogen-bond acceptors (Lipinski definition) is 2. The van der Waals surface area contributed by atoms with E-state index in [2.05, 4.69) is 19.9 Å². The number of rotatable bonds is 4. The SMILES string of the molecule is Cc1cc(C)c(C([O-])=Pc2ccc(Oc3ccccc3)cc2)c(C)c1C. The van der Waals surface area contributed by atoms with Crippen LogP contribution in [0.2, 0.25) is 0 Å². The van der Waals surface area contributed by atoms with E-state index < -0.39 is 0 Å². The molecule has 0 N–H and O–H groups in total. The van der Waals surface area contributed by atoms with Gasteiger partial charge in [0.2, 0.25) is 0 Å². The van der Waals surface area contributed by atoms with Gasteiger partial charge in [0, 0.05) is 5.30 Å². The molecule has 0 bridgehead atoms. The van der Waals surface area contributed by atoms with E-state index in [1.165, 1.54) is 11.1 Å². The van der Waals surface area contributed by atoms with Crippen molar-refractivity contribution >= 4 is 19.0 Å². The lowest BCUT2D eigenvalue weighted by Crippen LogP contribution is -2.21. The van der Waals surface area contributed by atoms with Crippen LogP contribution in [-0.4, -0.2) is 5.48 Å². The third kappa shape index (κ3) is 4.04. The predicted molar refractivity (Wildman–Crippen MR) is 109 cm³/mol. The Hall–Kier alpha value is -2.41. The Morgan fingerprint density at radius 2 is 1.38 bits per heavy atom. The molecule has 0 aromatic heterocycles. The standard InChI is InChI=1S/C23H23O2P/c1-15-14-16(2)22(18(4)17(15)3)23(24)26-21-12-10-20(11-13-21)25-19-8-6-5-7-9-19/h5-14,24H,1-4H3/p-1. The summed E-state index contributed by atoms with van der Waals surface area (Å²) in [5, 5.41) is 13.8. The van der Waals surface area contributed by atoms with Crippen LogP contribution in [0, 0.1) is 27.7 Å². The second-order valence-corrected chi connectivity index (χ2v) is 7.61. The molecule has 0 spiro atoms. The minimum absolute atomic E-state index is 0.139. The molecule has 0 saturated heterocycles. The van der Waals surface area contributed by atoms with E-state index in [0.29, 0.717) is 8.20 Å². The van der Waals surface area contributed by atoms with Gasteiger partial charge in [-0.05, 0) is 91.9 Å². The molecule has 3 rings (SSSR count). The molecule has 0 aliphatic rings. The Labute approximate surface area is 156 Å². The Morgan fingerprint density at radius 3 is 2.04 bits per heavy atom. The van der Waals surface area contributed by atoms with Crippen molar-refractivity contribution in [1.82, 2.24) is 0 Å². The maximum absolute atomic E-state index is 12.9. The van der Waals surface area contributed by atoms with Crippen molar-refractivity contribution in [3.05, 3.63) is 88.5 Å². The minimum atomic E-state index is 0.139. The molecule has 0 aliphatic heterocycles. The summed E-state index contributed by atoms with van der Waals surface area (Å²) in [4.78, 5) is 0. The summed E-state index contributed by atoms with van der Waals surface area (Å²) in [5.41, 5.74) is 5.55. The molecule has 26 heavy (non-hydrogen) atoms. The second kappa shape index (κ2) is 7.86. The van der Waals surface area contributed by atoms with Crippen molar-refractivity contribution < 1.29 is 9.84 Å². The molecule has 0 fully saturated rings. The van der Waals surface area contributed by atoms with Gasteiger partial charge >= 0.3 is 0 Å². The van der Waals surface area contributed by atoms with Crippen LogP contribution < -0.4 is 15.1 Å². The van der Waals surface area contributed by atoms with E-state index in [4.69, 9.17) is 4.74 Å². The summed E-state index contributed by atoms with van der Waals surface area (Å²) in [6.07, 6.45) is 0. The number of aryl methyl sites for hydroxylation is 2. The monoisotopic (exact) mass is 361 g/mol. The van der Waals surface area contributed by atoms with Crippen molar-refractivity contribution in [2.75, 3.05) is 0 Å². The molecule has 0 amide bonds. The lowest BCUT2D eigenvalue weighted by molar-refractivity contribution is -0.207. The van der Waals surface area contributed by atoms with Crippen LogP contribution in [0.25, 0.3) is 0 Å². The molecule has 0 aliphatic carbocycles. The zero-order valence-electron chi connectivity index (χ0n) is 15.5. The van der Waals surface area contributed by atoms with Gasteiger partial charge in [0.25, 0.3) is 0 Å². The summed E-state index contributed by atoms with van der Waals surface area (Å²) >= 11 is 0. The fraction of sp³-hybridized carbons (Fsp3) is 0.174. The van der Waals surface area contributed by atoms with Gasteiger partial charge in [0.15, 0.2) is 0 Å². The molecular formula is C23H22O2P-. The van der Waals surface area contributed by atoms with Crippen LogP contribution in [0.3, 0.4) is 0 Å². The lowest BCUT2D eigenvalue weighted by Gasteiger charge is -2.21. The summed E-state index contributed by atoms with van der Waals surface area (Å²) in [7, 11) is 0.686. The first-order chi connectivity index (χ1) is 12.5. The summed E-state index contributed by atoms with van der Waals surface area (Å²) in [5.74, 6) is 1.57. The minimum Gasteiger partial charge on any atom is -0.823 e. The van der Waals surface area contributed by atoms with Gasteiger partial charge in [-0.3, -0.25) is 0 Å². The third-order valence-electron chi connectivity index (χ3n) is 4.62. The van der Waals surface area contributed by atoms with E-state index in [1.54, 1.807) is 0 Å². The maximum atomic E-state index is 12.9. The highest BCUT2D eigenvalue weighted by molar-refractivity contribution is 7.49. The first-order valence-electron chi connectivity index (χ1n) is 8.62. The molecule has 3 heteroatoms.